The fraction of sp³-hybridized carbons (Fsp3) is 0.385. The molecule has 7 nitrogen and oxygen atoms in total. The SMILES string of the molecule is CCCC(NC(=O)c1cn(Cc2cccs2)nn1)C(=O)O. The lowest BCUT2D eigenvalue weighted by molar-refractivity contribution is -0.139. The van der Waals surface area contributed by atoms with Gasteiger partial charge in [-0.25, -0.2) is 9.48 Å². The molecule has 0 spiro atoms. The molecule has 0 saturated carbocycles. The van der Waals surface area contributed by atoms with Gasteiger partial charge in [0.25, 0.3) is 5.91 Å². The second-order valence-electron chi connectivity index (χ2n) is 4.53. The summed E-state index contributed by atoms with van der Waals surface area (Å²) in [6.07, 6.45) is 2.56. The van der Waals surface area contributed by atoms with Gasteiger partial charge >= 0.3 is 5.97 Å². The zero-order chi connectivity index (χ0) is 15.2. The Morgan fingerprint density at radius 3 is 2.95 bits per heavy atom. The van der Waals surface area contributed by atoms with E-state index in [4.69, 9.17) is 5.11 Å². The standard InChI is InChI=1S/C13H16N4O3S/c1-2-4-10(13(19)20)14-12(18)11-8-17(16-15-11)7-9-5-3-6-21-9/h3,5-6,8,10H,2,4,7H2,1H3,(H,14,18)(H,19,20). The van der Waals surface area contributed by atoms with E-state index in [2.05, 4.69) is 15.6 Å². The van der Waals surface area contributed by atoms with Crippen molar-refractivity contribution in [2.24, 2.45) is 0 Å². The second kappa shape index (κ2) is 6.98. The summed E-state index contributed by atoms with van der Waals surface area (Å²) in [6.45, 7) is 2.40. The highest BCUT2D eigenvalue weighted by atomic mass is 32.1. The van der Waals surface area contributed by atoms with Crippen LogP contribution in [0, 0.1) is 0 Å². The molecule has 1 atom stereocenters. The lowest BCUT2D eigenvalue weighted by atomic mass is 10.1. The van der Waals surface area contributed by atoms with E-state index < -0.39 is 17.9 Å². The maximum Gasteiger partial charge on any atom is 0.326 e. The molecule has 2 rings (SSSR count). The van der Waals surface area contributed by atoms with Crippen molar-refractivity contribution in [3.63, 3.8) is 0 Å². The minimum absolute atomic E-state index is 0.119. The van der Waals surface area contributed by atoms with Gasteiger partial charge in [0.15, 0.2) is 5.69 Å². The fourth-order valence-electron chi connectivity index (χ4n) is 1.82. The van der Waals surface area contributed by atoms with E-state index in [9.17, 15) is 9.59 Å². The molecule has 0 fully saturated rings. The Hall–Kier alpha value is -2.22. The molecule has 8 heteroatoms. The van der Waals surface area contributed by atoms with E-state index in [0.29, 0.717) is 19.4 Å². The van der Waals surface area contributed by atoms with Gasteiger partial charge in [0.2, 0.25) is 0 Å². The predicted octanol–water partition coefficient (Wildman–Crippen LogP) is 1.37. The van der Waals surface area contributed by atoms with E-state index in [1.807, 2.05) is 24.4 Å². The van der Waals surface area contributed by atoms with E-state index in [0.717, 1.165) is 4.88 Å². The van der Waals surface area contributed by atoms with E-state index in [-0.39, 0.29) is 5.69 Å². The van der Waals surface area contributed by atoms with Gasteiger partial charge < -0.3 is 10.4 Å². The molecule has 0 aliphatic carbocycles. The molecule has 2 N–H and O–H groups in total. The lowest BCUT2D eigenvalue weighted by Gasteiger charge is -2.11. The Bertz CT molecular complexity index is 609. The number of carbonyl (C=O) groups excluding carboxylic acids is 1. The molecule has 2 aromatic heterocycles. The van der Waals surface area contributed by atoms with Gasteiger partial charge in [0.1, 0.15) is 6.04 Å². The van der Waals surface area contributed by atoms with Gasteiger partial charge in [0.05, 0.1) is 12.7 Å². The summed E-state index contributed by atoms with van der Waals surface area (Å²) < 4.78 is 1.55. The molecule has 0 aliphatic heterocycles. The number of carboxylic acid groups (broad SMARTS) is 1. The topological polar surface area (TPSA) is 97.1 Å². The number of carbonyl (C=O) groups is 2. The van der Waals surface area contributed by atoms with Crippen molar-refractivity contribution in [3.05, 3.63) is 34.3 Å². The van der Waals surface area contributed by atoms with Crippen LogP contribution in [0.3, 0.4) is 0 Å². The van der Waals surface area contributed by atoms with Crippen molar-refractivity contribution in [2.75, 3.05) is 0 Å². The summed E-state index contributed by atoms with van der Waals surface area (Å²) in [7, 11) is 0. The smallest absolute Gasteiger partial charge is 0.326 e. The van der Waals surface area contributed by atoms with Gasteiger partial charge in [-0.15, -0.1) is 16.4 Å². The minimum Gasteiger partial charge on any atom is -0.480 e. The van der Waals surface area contributed by atoms with Crippen LogP contribution >= 0.6 is 11.3 Å². The predicted molar refractivity (Wildman–Crippen MR) is 77.2 cm³/mol. The van der Waals surface area contributed by atoms with E-state index in [1.54, 1.807) is 16.0 Å². The first kappa shape index (κ1) is 15.2. The Labute approximate surface area is 125 Å². The molecule has 1 amide bonds. The van der Waals surface area contributed by atoms with Crippen molar-refractivity contribution in [1.82, 2.24) is 20.3 Å². The maximum atomic E-state index is 12.0. The molecule has 0 bridgehead atoms. The van der Waals surface area contributed by atoms with Crippen LogP contribution in [0.25, 0.3) is 0 Å². The van der Waals surface area contributed by atoms with Crippen LogP contribution in [-0.2, 0) is 11.3 Å². The Kier molecular flexibility index (Phi) is 5.04. The highest BCUT2D eigenvalue weighted by Crippen LogP contribution is 2.10. The highest BCUT2D eigenvalue weighted by molar-refractivity contribution is 7.09. The first-order valence-corrected chi connectivity index (χ1v) is 7.44. The first-order valence-electron chi connectivity index (χ1n) is 6.56. The van der Waals surface area contributed by atoms with Crippen LogP contribution in [0.4, 0.5) is 0 Å². The van der Waals surface area contributed by atoms with Gasteiger partial charge in [-0.3, -0.25) is 4.79 Å². The second-order valence-corrected chi connectivity index (χ2v) is 5.57. The molecule has 21 heavy (non-hydrogen) atoms. The zero-order valence-electron chi connectivity index (χ0n) is 11.5. The Morgan fingerprint density at radius 2 is 2.33 bits per heavy atom. The lowest BCUT2D eigenvalue weighted by Crippen LogP contribution is -2.40. The highest BCUT2D eigenvalue weighted by Gasteiger charge is 2.21. The summed E-state index contributed by atoms with van der Waals surface area (Å²) in [6, 6.07) is 3.01. The van der Waals surface area contributed by atoms with Crippen LogP contribution in [0.1, 0.15) is 35.1 Å². The van der Waals surface area contributed by atoms with Crippen molar-refractivity contribution < 1.29 is 14.7 Å². The summed E-state index contributed by atoms with van der Waals surface area (Å²) in [4.78, 5) is 24.1. The third-order valence-electron chi connectivity index (χ3n) is 2.85. The number of rotatable bonds is 7. The third kappa shape index (κ3) is 4.12. The number of hydrogen-bond acceptors (Lipinski definition) is 5. The maximum absolute atomic E-state index is 12.0. The number of hydrogen-bond donors (Lipinski definition) is 2. The monoisotopic (exact) mass is 308 g/mol. The molecule has 2 heterocycles. The fourth-order valence-corrected chi connectivity index (χ4v) is 2.52. The molecule has 0 aliphatic rings. The summed E-state index contributed by atoms with van der Waals surface area (Å²) in [5, 5.41) is 21.1. The van der Waals surface area contributed by atoms with Crippen LogP contribution in [-0.4, -0.2) is 38.0 Å². The van der Waals surface area contributed by atoms with Gasteiger partial charge in [-0.2, -0.15) is 0 Å². The molecular weight excluding hydrogens is 292 g/mol. The molecular formula is C13H16N4O3S. The van der Waals surface area contributed by atoms with Gasteiger partial charge in [-0.05, 0) is 17.9 Å². The van der Waals surface area contributed by atoms with Crippen molar-refractivity contribution >= 4 is 23.2 Å². The Morgan fingerprint density at radius 1 is 1.52 bits per heavy atom. The number of nitrogens with one attached hydrogen (secondary N) is 1. The summed E-state index contributed by atoms with van der Waals surface area (Å²) in [5.41, 5.74) is 0.119. The minimum atomic E-state index is -1.05. The molecule has 2 aromatic rings. The van der Waals surface area contributed by atoms with Crippen LogP contribution < -0.4 is 5.32 Å². The molecule has 1 unspecified atom stereocenters. The number of aliphatic carboxylic acids is 1. The molecule has 0 saturated heterocycles. The number of amides is 1. The number of aromatic nitrogens is 3. The van der Waals surface area contributed by atoms with Gasteiger partial charge in [-0.1, -0.05) is 24.6 Å². The zero-order valence-corrected chi connectivity index (χ0v) is 12.3. The van der Waals surface area contributed by atoms with Crippen molar-refractivity contribution in [2.45, 2.75) is 32.4 Å². The summed E-state index contributed by atoms with van der Waals surface area (Å²) >= 11 is 1.59. The largest absolute Gasteiger partial charge is 0.480 e. The third-order valence-corrected chi connectivity index (χ3v) is 3.71. The molecule has 0 aromatic carbocycles. The number of thiophene rings is 1. The Balaban J connectivity index is 1.99. The normalized spacial score (nSPS) is 12.0. The van der Waals surface area contributed by atoms with E-state index >= 15 is 0 Å². The van der Waals surface area contributed by atoms with Crippen LogP contribution in [0.5, 0.6) is 0 Å². The van der Waals surface area contributed by atoms with Gasteiger partial charge in [0, 0.05) is 4.88 Å². The average Bonchev–Trinajstić information content (AvgIpc) is 3.10. The number of nitrogens with zero attached hydrogens (tertiary/aromatic N) is 3. The number of carboxylic acids is 1. The van der Waals surface area contributed by atoms with Crippen molar-refractivity contribution in [1.29, 1.82) is 0 Å². The quantitative estimate of drug-likeness (QED) is 0.805. The van der Waals surface area contributed by atoms with Crippen LogP contribution in [0.15, 0.2) is 23.7 Å². The average molecular weight is 308 g/mol. The summed E-state index contributed by atoms with van der Waals surface area (Å²) in [5.74, 6) is -1.57. The molecule has 0 radical (unpaired) electrons. The van der Waals surface area contributed by atoms with Crippen LogP contribution in [0.2, 0.25) is 0 Å². The first-order chi connectivity index (χ1) is 10.1. The van der Waals surface area contributed by atoms with E-state index in [1.165, 1.54) is 6.20 Å². The molecule has 112 valence electrons. The van der Waals surface area contributed by atoms with Crippen molar-refractivity contribution in [3.8, 4) is 0 Å².